The summed E-state index contributed by atoms with van der Waals surface area (Å²) in [5.41, 5.74) is 14.1. The van der Waals surface area contributed by atoms with E-state index in [4.69, 9.17) is 5.73 Å². The third kappa shape index (κ3) is 3.29. The minimum absolute atomic E-state index is 0.767. The van der Waals surface area contributed by atoms with Crippen LogP contribution < -0.4 is 5.73 Å². The molecule has 0 aromatic heterocycles. The van der Waals surface area contributed by atoms with Crippen molar-refractivity contribution < 1.29 is 0 Å². The van der Waals surface area contributed by atoms with Crippen LogP contribution in [0.25, 0.3) is 33.4 Å². The van der Waals surface area contributed by atoms with Crippen molar-refractivity contribution in [1.82, 2.24) is 0 Å². The molecular formula is C24H18BrN. The molecule has 126 valence electrons. The summed E-state index contributed by atoms with van der Waals surface area (Å²) >= 11 is 3.59. The quantitative estimate of drug-likeness (QED) is 0.367. The largest absolute Gasteiger partial charge is 0.398 e. The molecule has 0 bridgehead atoms. The highest BCUT2D eigenvalue weighted by Crippen LogP contribution is 2.40. The molecule has 0 saturated heterocycles. The van der Waals surface area contributed by atoms with Crippen molar-refractivity contribution in [3.63, 3.8) is 0 Å². The molecule has 1 nitrogen and oxygen atoms in total. The van der Waals surface area contributed by atoms with Crippen molar-refractivity contribution in [3.05, 3.63) is 102 Å². The van der Waals surface area contributed by atoms with E-state index in [0.717, 1.165) is 32.4 Å². The van der Waals surface area contributed by atoms with Crippen LogP contribution in [0.4, 0.5) is 5.69 Å². The van der Waals surface area contributed by atoms with Gasteiger partial charge in [-0.15, -0.1) is 0 Å². The molecule has 2 heteroatoms. The van der Waals surface area contributed by atoms with Gasteiger partial charge in [-0.05, 0) is 46.0 Å². The van der Waals surface area contributed by atoms with Gasteiger partial charge >= 0.3 is 0 Å². The topological polar surface area (TPSA) is 26.0 Å². The van der Waals surface area contributed by atoms with Crippen molar-refractivity contribution in [3.8, 4) is 33.4 Å². The molecule has 4 aromatic carbocycles. The normalized spacial score (nSPS) is 10.7. The molecule has 0 aliphatic heterocycles. The van der Waals surface area contributed by atoms with Crippen molar-refractivity contribution in [1.29, 1.82) is 0 Å². The van der Waals surface area contributed by atoms with Gasteiger partial charge in [-0.1, -0.05) is 94.8 Å². The fourth-order valence-corrected chi connectivity index (χ4v) is 3.76. The zero-order valence-electron chi connectivity index (χ0n) is 14.2. The maximum atomic E-state index is 6.45. The number of nitrogens with two attached hydrogens (primary N) is 1. The van der Waals surface area contributed by atoms with Crippen molar-refractivity contribution in [2.45, 2.75) is 0 Å². The van der Waals surface area contributed by atoms with Gasteiger partial charge in [0.1, 0.15) is 0 Å². The summed E-state index contributed by atoms with van der Waals surface area (Å²) in [6, 6.07) is 33.4. The van der Waals surface area contributed by atoms with Crippen molar-refractivity contribution in [2.24, 2.45) is 0 Å². The second-order valence-corrected chi connectivity index (χ2v) is 7.15. The van der Waals surface area contributed by atoms with Crippen molar-refractivity contribution in [2.75, 3.05) is 5.73 Å². The third-order valence-corrected chi connectivity index (χ3v) is 4.93. The van der Waals surface area contributed by atoms with E-state index >= 15 is 0 Å². The highest BCUT2D eigenvalue weighted by atomic mass is 79.9. The fraction of sp³-hybridized carbons (Fsp3) is 0. The highest BCUT2D eigenvalue weighted by molar-refractivity contribution is 9.10. The van der Waals surface area contributed by atoms with Gasteiger partial charge < -0.3 is 5.73 Å². The first-order valence-electron chi connectivity index (χ1n) is 8.53. The van der Waals surface area contributed by atoms with Crippen LogP contribution in [0.15, 0.2) is 102 Å². The molecule has 26 heavy (non-hydrogen) atoms. The molecule has 0 radical (unpaired) electrons. The Balaban J connectivity index is 1.92. The third-order valence-electron chi connectivity index (χ3n) is 4.48. The Kier molecular flexibility index (Phi) is 4.59. The number of halogens is 1. The number of nitrogen functional groups attached to an aromatic ring is 1. The first kappa shape index (κ1) is 16.6. The second kappa shape index (κ2) is 7.19. The van der Waals surface area contributed by atoms with E-state index in [9.17, 15) is 0 Å². The average molecular weight is 400 g/mol. The van der Waals surface area contributed by atoms with Crippen LogP contribution in [0.2, 0.25) is 0 Å². The van der Waals surface area contributed by atoms with Gasteiger partial charge in [0.25, 0.3) is 0 Å². The van der Waals surface area contributed by atoms with Gasteiger partial charge in [-0.2, -0.15) is 0 Å². The first-order valence-corrected chi connectivity index (χ1v) is 9.32. The van der Waals surface area contributed by atoms with Gasteiger partial charge in [-0.25, -0.2) is 0 Å². The molecule has 0 atom stereocenters. The Bertz CT molecular complexity index is 1040. The van der Waals surface area contributed by atoms with Gasteiger partial charge in [-0.3, -0.25) is 0 Å². The maximum absolute atomic E-state index is 6.45. The zero-order valence-corrected chi connectivity index (χ0v) is 15.8. The molecule has 0 aliphatic rings. The summed E-state index contributed by atoms with van der Waals surface area (Å²) in [5.74, 6) is 0. The number of hydrogen-bond acceptors (Lipinski definition) is 1. The smallest absolute Gasteiger partial charge is 0.0411 e. The van der Waals surface area contributed by atoms with E-state index in [-0.39, 0.29) is 0 Å². The van der Waals surface area contributed by atoms with E-state index in [2.05, 4.69) is 94.8 Å². The lowest BCUT2D eigenvalue weighted by molar-refractivity contribution is 1.55. The Morgan fingerprint density at radius 1 is 0.538 bits per heavy atom. The molecule has 0 aliphatic carbocycles. The monoisotopic (exact) mass is 399 g/mol. The average Bonchev–Trinajstić information content (AvgIpc) is 2.69. The fourth-order valence-electron chi connectivity index (χ4n) is 3.28. The van der Waals surface area contributed by atoms with Gasteiger partial charge in [0.05, 0.1) is 0 Å². The lowest BCUT2D eigenvalue weighted by atomic mass is 9.91. The lowest BCUT2D eigenvalue weighted by Gasteiger charge is -2.15. The molecule has 0 amide bonds. The SMILES string of the molecule is Nc1cc(Br)cc(-c2ccccc2)c1-c1cccc(-c2ccccc2)c1. The van der Waals surface area contributed by atoms with E-state index in [1.165, 1.54) is 11.1 Å². The van der Waals surface area contributed by atoms with E-state index < -0.39 is 0 Å². The van der Waals surface area contributed by atoms with Crippen LogP contribution in [0.5, 0.6) is 0 Å². The number of hydrogen-bond donors (Lipinski definition) is 1. The Hall–Kier alpha value is -2.84. The molecule has 0 saturated carbocycles. The molecule has 0 unspecified atom stereocenters. The van der Waals surface area contributed by atoms with E-state index in [0.29, 0.717) is 0 Å². The summed E-state index contributed by atoms with van der Waals surface area (Å²) in [6.07, 6.45) is 0. The number of benzene rings is 4. The highest BCUT2D eigenvalue weighted by Gasteiger charge is 2.13. The van der Waals surface area contributed by atoms with Crippen LogP contribution in [0.1, 0.15) is 0 Å². The summed E-state index contributed by atoms with van der Waals surface area (Å²) < 4.78 is 0.983. The molecule has 0 heterocycles. The first-order chi connectivity index (χ1) is 12.7. The van der Waals surface area contributed by atoms with E-state index in [1.54, 1.807) is 0 Å². The summed E-state index contributed by atoms with van der Waals surface area (Å²) in [6.45, 7) is 0. The van der Waals surface area contributed by atoms with Crippen LogP contribution in [-0.4, -0.2) is 0 Å². The molecule has 4 rings (SSSR count). The van der Waals surface area contributed by atoms with Gasteiger partial charge in [0.2, 0.25) is 0 Å². The minimum Gasteiger partial charge on any atom is -0.398 e. The summed E-state index contributed by atoms with van der Waals surface area (Å²) in [7, 11) is 0. The predicted molar refractivity (Wildman–Crippen MR) is 115 cm³/mol. The van der Waals surface area contributed by atoms with Crippen LogP contribution in [0, 0.1) is 0 Å². The molecule has 4 aromatic rings. The standard InChI is InChI=1S/C24H18BrN/c25-21-15-22(18-10-5-2-6-11-18)24(23(26)16-21)20-13-7-12-19(14-20)17-8-3-1-4-9-17/h1-16H,26H2. The van der Waals surface area contributed by atoms with Gasteiger partial charge in [0, 0.05) is 15.7 Å². The zero-order chi connectivity index (χ0) is 17.9. The Morgan fingerprint density at radius 3 is 1.81 bits per heavy atom. The Morgan fingerprint density at radius 2 is 1.12 bits per heavy atom. The number of anilines is 1. The number of rotatable bonds is 3. The van der Waals surface area contributed by atoms with Crippen molar-refractivity contribution >= 4 is 21.6 Å². The van der Waals surface area contributed by atoms with Crippen LogP contribution in [-0.2, 0) is 0 Å². The van der Waals surface area contributed by atoms with Gasteiger partial charge in [0.15, 0.2) is 0 Å². The summed E-state index contributed by atoms with van der Waals surface area (Å²) in [5, 5.41) is 0. The van der Waals surface area contributed by atoms with E-state index in [1.807, 2.05) is 18.2 Å². The molecular weight excluding hydrogens is 382 g/mol. The Labute approximate surface area is 162 Å². The second-order valence-electron chi connectivity index (χ2n) is 6.23. The summed E-state index contributed by atoms with van der Waals surface area (Å²) in [4.78, 5) is 0. The van der Waals surface area contributed by atoms with Crippen LogP contribution >= 0.6 is 15.9 Å². The minimum atomic E-state index is 0.767. The maximum Gasteiger partial charge on any atom is 0.0411 e. The predicted octanol–water partition coefficient (Wildman–Crippen LogP) is 7.03. The lowest BCUT2D eigenvalue weighted by Crippen LogP contribution is -1.94. The molecule has 0 fully saturated rings. The molecule has 0 spiro atoms. The molecule has 2 N–H and O–H groups in total. The van der Waals surface area contributed by atoms with Crippen LogP contribution in [0.3, 0.4) is 0 Å².